The zero-order valence-electron chi connectivity index (χ0n) is 13.6. The number of aromatic nitrogens is 2. The third-order valence-corrected chi connectivity index (χ3v) is 4.82. The van der Waals surface area contributed by atoms with Gasteiger partial charge in [-0.15, -0.1) is 0 Å². The van der Waals surface area contributed by atoms with Crippen molar-refractivity contribution in [1.29, 1.82) is 0 Å². The predicted octanol–water partition coefficient (Wildman–Crippen LogP) is 2.92. The molecule has 6 heteroatoms. The van der Waals surface area contributed by atoms with Gasteiger partial charge < -0.3 is 15.5 Å². The largest absolute Gasteiger partial charge is 0.370 e. The van der Waals surface area contributed by atoms with Gasteiger partial charge in [0.2, 0.25) is 0 Å². The van der Waals surface area contributed by atoms with E-state index in [-0.39, 0.29) is 0 Å². The first kappa shape index (κ1) is 16.4. The highest BCUT2D eigenvalue weighted by molar-refractivity contribution is 7.98. The van der Waals surface area contributed by atoms with E-state index in [1.165, 1.54) is 19.3 Å². The zero-order valence-corrected chi connectivity index (χ0v) is 14.4. The first-order chi connectivity index (χ1) is 10.1. The van der Waals surface area contributed by atoms with E-state index in [0.717, 1.165) is 36.3 Å². The quantitative estimate of drug-likeness (QED) is 0.569. The van der Waals surface area contributed by atoms with Gasteiger partial charge in [0.05, 0.1) is 0 Å². The van der Waals surface area contributed by atoms with Crippen LogP contribution >= 0.6 is 11.8 Å². The average Bonchev–Trinajstić information content (AvgIpc) is 2.43. The van der Waals surface area contributed by atoms with Crippen LogP contribution in [0, 0.1) is 0 Å². The Kier molecular flexibility index (Phi) is 5.70. The van der Waals surface area contributed by atoms with Crippen molar-refractivity contribution in [1.82, 2.24) is 14.9 Å². The molecule has 5 nitrogen and oxygen atoms in total. The Hall–Kier alpha value is -1.01. The lowest BCUT2D eigenvalue weighted by Crippen LogP contribution is -2.54. The molecule has 1 aliphatic rings. The van der Waals surface area contributed by atoms with Crippen LogP contribution in [-0.4, -0.2) is 53.8 Å². The van der Waals surface area contributed by atoms with Gasteiger partial charge in [0.15, 0.2) is 5.16 Å². The number of thioether (sulfide) groups is 1. The summed E-state index contributed by atoms with van der Waals surface area (Å²) < 4.78 is 0. The lowest BCUT2D eigenvalue weighted by molar-refractivity contribution is 0.0738. The van der Waals surface area contributed by atoms with Gasteiger partial charge in [0, 0.05) is 24.7 Å². The van der Waals surface area contributed by atoms with Crippen molar-refractivity contribution in [3.63, 3.8) is 0 Å². The summed E-state index contributed by atoms with van der Waals surface area (Å²) in [5.41, 5.74) is 0.293. The van der Waals surface area contributed by atoms with Crippen molar-refractivity contribution >= 4 is 23.4 Å². The fourth-order valence-corrected chi connectivity index (χ4v) is 2.95. The van der Waals surface area contributed by atoms with Crippen LogP contribution in [0.25, 0.3) is 0 Å². The molecule has 1 heterocycles. The van der Waals surface area contributed by atoms with E-state index in [0.29, 0.717) is 5.54 Å². The van der Waals surface area contributed by atoms with E-state index in [4.69, 9.17) is 0 Å². The summed E-state index contributed by atoms with van der Waals surface area (Å²) in [6.07, 6.45) is 6.94. The molecule has 118 valence electrons. The molecule has 0 saturated heterocycles. The highest BCUT2D eigenvalue weighted by Crippen LogP contribution is 2.36. The normalized spacial score (nSPS) is 16.6. The molecule has 0 unspecified atom stereocenters. The van der Waals surface area contributed by atoms with Crippen LogP contribution in [0.5, 0.6) is 0 Å². The number of anilines is 2. The number of rotatable bonds is 8. The minimum absolute atomic E-state index is 0.293. The Balaban J connectivity index is 2.04. The van der Waals surface area contributed by atoms with Gasteiger partial charge in [-0.1, -0.05) is 18.7 Å². The molecule has 21 heavy (non-hydrogen) atoms. The number of nitrogens with zero attached hydrogens (tertiary/aromatic N) is 3. The van der Waals surface area contributed by atoms with Crippen molar-refractivity contribution in [2.24, 2.45) is 0 Å². The van der Waals surface area contributed by atoms with Crippen LogP contribution in [-0.2, 0) is 0 Å². The SMILES string of the molecule is CCCNc1cc(NCC2(N(C)C)CCC2)nc(SC)n1. The number of nitrogens with one attached hydrogen (secondary N) is 2. The highest BCUT2D eigenvalue weighted by Gasteiger charge is 2.38. The zero-order chi connectivity index (χ0) is 15.3. The van der Waals surface area contributed by atoms with Crippen LogP contribution in [0.1, 0.15) is 32.6 Å². The topological polar surface area (TPSA) is 53.1 Å². The minimum Gasteiger partial charge on any atom is -0.370 e. The van der Waals surface area contributed by atoms with Gasteiger partial charge in [-0.3, -0.25) is 0 Å². The van der Waals surface area contributed by atoms with E-state index in [1.807, 2.05) is 12.3 Å². The third kappa shape index (κ3) is 4.01. The summed E-state index contributed by atoms with van der Waals surface area (Å²) in [6, 6.07) is 2.01. The maximum Gasteiger partial charge on any atom is 0.191 e. The minimum atomic E-state index is 0.293. The lowest BCUT2D eigenvalue weighted by Gasteiger charge is -2.47. The molecular weight excluding hydrogens is 282 g/mol. The lowest BCUT2D eigenvalue weighted by atomic mass is 9.75. The van der Waals surface area contributed by atoms with Crippen molar-refractivity contribution < 1.29 is 0 Å². The van der Waals surface area contributed by atoms with Crippen molar-refractivity contribution in [3.8, 4) is 0 Å². The Bertz CT molecular complexity index is 459. The fraction of sp³-hybridized carbons (Fsp3) is 0.733. The number of likely N-dealkylation sites (N-methyl/N-ethyl adjacent to an activating group) is 1. The van der Waals surface area contributed by atoms with E-state index < -0.39 is 0 Å². The number of hydrogen-bond donors (Lipinski definition) is 2. The van der Waals surface area contributed by atoms with E-state index >= 15 is 0 Å². The molecule has 0 amide bonds. The summed E-state index contributed by atoms with van der Waals surface area (Å²) in [5, 5.41) is 7.67. The van der Waals surface area contributed by atoms with E-state index in [1.54, 1.807) is 11.8 Å². The van der Waals surface area contributed by atoms with Crippen LogP contribution in [0.2, 0.25) is 0 Å². The Morgan fingerprint density at radius 1 is 1.24 bits per heavy atom. The van der Waals surface area contributed by atoms with Crippen LogP contribution in [0.4, 0.5) is 11.6 Å². The van der Waals surface area contributed by atoms with Gasteiger partial charge >= 0.3 is 0 Å². The molecule has 0 aliphatic heterocycles. The Morgan fingerprint density at radius 3 is 2.38 bits per heavy atom. The Morgan fingerprint density at radius 2 is 1.90 bits per heavy atom. The highest BCUT2D eigenvalue weighted by atomic mass is 32.2. The van der Waals surface area contributed by atoms with Crippen molar-refractivity contribution in [3.05, 3.63) is 6.07 Å². The average molecular weight is 309 g/mol. The molecule has 1 aliphatic carbocycles. The van der Waals surface area contributed by atoms with Crippen LogP contribution in [0.3, 0.4) is 0 Å². The molecule has 0 atom stereocenters. The van der Waals surface area contributed by atoms with Gasteiger partial charge in [-0.2, -0.15) is 0 Å². The molecule has 1 saturated carbocycles. The summed E-state index contributed by atoms with van der Waals surface area (Å²) in [4.78, 5) is 11.4. The molecule has 0 radical (unpaired) electrons. The summed E-state index contributed by atoms with van der Waals surface area (Å²) in [6.45, 7) is 4.03. The maximum atomic E-state index is 4.56. The molecule has 2 N–H and O–H groups in total. The van der Waals surface area contributed by atoms with Gasteiger partial charge in [-0.05, 0) is 46.0 Å². The van der Waals surface area contributed by atoms with E-state index in [2.05, 4.69) is 46.5 Å². The summed E-state index contributed by atoms with van der Waals surface area (Å²) in [7, 11) is 4.34. The van der Waals surface area contributed by atoms with Crippen molar-refractivity contribution in [2.45, 2.75) is 43.3 Å². The molecule has 0 aromatic carbocycles. The molecule has 2 rings (SSSR count). The van der Waals surface area contributed by atoms with Gasteiger partial charge in [0.1, 0.15) is 11.6 Å². The monoisotopic (exact) mass is 309 g/mol. The van der Waals surface area contributed by atoms with Crippen LogP contribution in [0.15, 0.2) is 11.2 Å². The molecular formula is C15H27N5S. The fourth-order valence-electron chi connectivity index (χ4n) is 2.57. The molecule has 1 aromatic heterocycles. The van der Waals surface area contributed by atoms with Gasteiger partial charge in [-0.25, -0.2) is 9.97 Å². The van der Waals surface area contributed by atoms with E-state index in [9.17, 15) is 0 Å². The van der Waals surface area contributed by atoms with Gasteiger partial charge in [0.25, 0.3) is 0 Å². The van der Waals surface area contributed by atoms with Crippen LogP contribution < -0.4 is 10.6 Å². The first-order valence-corrected chi connectivity index (χ1v) is 8.90. The van der Waals surface area contributed by atoms with Crippen molar-refractivity contribution in [2.75, 3.05) is 44.1 Å². The predicted molar refractivity (Wildman–Crippen MR) is 91.4 cm³/mol. The third-order valence-electron chi connectivity index (χ3n) is 4.28. The second kappa shape index (κ2) is 7.31. The first-order valence-electron chi connectivity index (χ1n) is 7.68. The second-order valence-corrected chi connectivity index (χ2v) is 6.65. The molecule has 0 bridgehead atoms. The standard InChI is InChI=1S/C15H27N5S/c1-5-9-16-12-10-13(19-14(18-12)21-4)17-11-15(20(2)3)7-6-8-15/h10H,5-9,11H2,1-4H3,(H2,16,17,18,19). The summed E-state index contributed by atoms with van der Waals surface area (Å²) >= 11 is 1.58. The molecule has 1 fully saturated rings. The smallest absolute Gasteiger partial charge is 0.191 e. The number of hydrogen-bond acceptors (Lipinski definition) is 6. The molecule has 1 aromatic rings. The maximum absolute atomic E-state index is 4.56. The second-order valence-electron chi connectivity index (χ2n) is 5.88. The molecule has 0 spiro atoms. The Labute approximate surface area is 132 Å². The summed E-state index contributed by atoms with van der Waals surface area (Å²) in [5.74, 6) is 1.83.